The maximum absolute atomic E-state index is 11.5. The number of ether oxygens (including phenoxy) is 1. The van der Waals surface area contributed by atoms with E-state index in [1.54, 1.807) is 20.8 Å². The molecule has 1 aromatic rings. The maximum Gasteiger partial charge on any atom is 0.383 e. The Balaban J connectivity index is 2.52. The number of carboxylic acids is 1. The van der Waals surface area contributed by atoms with Gasteiger partial charge >= 0.3 is 11.3 Å². The van der Waals surface area contributed by atoms with Crippen LogP contribution < -0.4 is 4.72 Å². The van der Waals surface area contributed by atoms with Crippen LogP contribution in [0.2, 0.25) is 0 Å². The molecule has 0 radical (unpaired) electrons. The Morgan fingerprint density at radius 3 is 2.40 bits per heavy atom. The Labute approximate surface area is 122 Å². The van der Waals surface area contributed by atoms with Gasteiger partial charge in [-0.25, -0.2) is 9.52 Å². The highest BCUT2D eigenvalue weighted by molar-refractivity contribution is 8.11. The minimum absolute atomic E-state index is 0.298. The highest BCUT2D eigenvalue weighted by Crippen LogP contribution is 2.14. The number of hydrogen-bond acceptors (Lipinski definition) is 5. The van der Waals surface area contributed by atoms with Gasteiger partial charge in [-0.15, -0.1) is 0 Å². The number of carbonyl (C=O) groups is 2. The third-order valence-electron chi connectivity index (χ3n) is 2.25. The molecule has 0 unspecified atom stereocenters. The molecule has 0 saturated heterocycles. The van der Waals surface area contributed by atoms with Crippen molar-refractivity contribution in [1.29, 1.82) is 0 Å². The second-order valence-corrected chi connectivity index (χ2v) is 6.04. The quantitative estimate of drug-likeness (QED) is 0.643. The largest absolute Gasteiger partial charge is 0.480 e. The first-order valence-electron chi connectivity index (χ1n) is 6.20. The van der Waals surface area contributed by atoms with Crippen LogP contribution >= 0.6 is 11.9 Å². The Bertz CT molecular complexity index is 456. The molecule has 0 fully saturated rings. The molecule has 1 aromatic carbocycles. The van der Waals surface area contributed by atoms with Crippen molar-refractivity contribution in [2.45, 2.75) is 38.8 Å². The molecule has 0 aliphatic heterocycles. The van der Waals surface area contributed by atoms with Crippen LogP contribution in [0.5, 0.6) is 0 Å². The van der Waals surface area contributed by atoms with Crippen molar-refractivity contribution in [3.05, 3.63) is 35.9 Å². The summed E-state index contributed by atoms with van der Waals surface area (Å²) in [6, 6.07) is 8.38. The lowest BCUT2D eigenvalue weighted by Crippen LogP contribution is -2.36. The summed E-state index contributed by atoms with van der Waals surface area (Å²) < 4.78 is 7.72. The third-order valence-corrected chi connectivity index (χ3v) is 2.91. The van der Waals surface area contributed by atoms with Gasteiger partial charge in [0.2, 0.25) is 0 Å². The molecule has 2 N–H and O–H groups in total. The van der Waals surface area contributed by atoms with Crippen molar-refractivity contribution in [2.75, 3.05) is 0 Å². The van der Waals surface area contributed by atoms with Crippen molar-refractivity contribution < 1.29 is 19.4 Å². The Kier molecular flexibility index (Phi) is 6.04. The van der Waals surface area contributed by atoms with Gasteiger partial charge in [-0.1, -0.05) is 30.3 Å². The van der Waals surface area contributed by atoms with Crippen LogP contribution in [-0.4, -0.2) is 28.0 Å². The second-order valence-electron chi connectivity index (χ2n) is 5.26. The van der Waals surface area contributed by atoms with Crippen LogP contribution in [0.25, 0.3) is 0 Å². The van der Waals surface area contributed by atoms with Crippen molar-refractivity contribution in [3.63, 3.8) is 0 Å². The molecule has 0 aliphatic rings. The number of aliphatic carboxylic acids is 1. The van der Waals surface area contributed by atoms with Crippen LogP contribution in [0.1, 0.15) is 26.3 Å². The summed E-state index contributed by atoms with van der Waals surface area (Å²) in [5, 5.41) is 8.61. The SMILES string of the molecule is CC(C)(C)OC(=O)SN[C@@H](Cc1ccccc1)C(=O)O. The van der Waals surface area contributed by atoms with Gasteiger partial charge in [0.25, 0.3) is 0 Å². The smallest absolute Gasteiger partial charge is 0.383 e. The van der Waals surface area contributed by atoms with E-state index in [0.717, 1.165) is 5.56 Å². The highest BCUT2D eigenvalue weighted by Gasteiger charge is 2.22. The minimum atomic E-state index is -1.01. The van der Waals surface area contributed by atoms with Gasteiger partial charge in [0.05, 0.1) is 0 Å². The van der Waals surface area contributed by atoms with Crippen LogP contribution in [0.3, 0.4) is 0 Å². The first-order valence-corrected chi connectivity index (χ1v) is 7.01. The molecule has 0 amide bonds. The van der Waals surface area contributed by atoms with E-state index in [9.17, 15) is 9.59 Å². The van der Waals surface area contributed by atoms with Crippen LogP contribution in [0.15, 0.2) is 30.3 Å². The summed E-state index contributed by atoms with van der Waals surface area (Å²) in [4.78, 5) is 22.7. The third kappa shape index (κ3) is 6.58. The predicted octanol–water partition coefficient (Wildman–Crippen LogP) is 2.86. The molecule has 110 valence electrons. The molecule has 5 nitrogen and oxygen atoms in total. The topological polar surface area (TPSA) is 75.6 Å². The molecular formula is C14H19NO4S. The Morgan fingerprint density at radius 2 is 1.90 bits per heavy atom. The fraction of sp³-hybridized carbons (Fsp3) is 0.429. The van der Waals surface area contributed by atoms with Gasteiger partial charge < -0.3 is 9.84 Å². The van der Waals surface area contributed by atoms with E-state index < -0.39 is 22.9 Å². The van der Waals surface area contributed by atoms with Crippen molar-refractivity contribution in [1.82, 2.24) is 4.72 Å². The first kappa shape index (κ1) is 16.5. The number of hydrogen-bond donors (Lipinski definition) is 2. The molecule has 20 heavy (non-hydrogen) atoms. The molecule has 1 atom stereocenters. The lowest BCUT2D eigenvalue weighted by atomic mass is 10.1. The first-order chi connectivity index (χ1) is 9.28. The number of rotatable bonds is 5. The fourth-order valence-corrected chi connectivity index (χ4v) is 2.13. The molecule has 0 spiro atoms. The van der Waals surface area contributed by atoms with Gasteiger partial charge in [0.1, 0.15) is 11.6 Å². The molecule has 0 bridgehead atoms. The number of carboxylic acid groups (broad SMARTS) is 1. The van der Waals surface area contributed by atoms with Crippen molar-refractivity contribution in [2.24, 2.45) is 0 Å². The molecule has 0 saturated carbocycles. The van der Waals surface area contributed by atoms with Gasteiger partial charge in [-0.05, 0) is 32.8 Å². The average Bonchev–Trinajstić information content (AvgIpc) is 2.33. The summed E-state index contributed by atoms with van der Waals surface area (Å²) in [6.45, 7) is 5.26. The van der Waals surface area contributed by atoms with Gasteiger partial charge in [0, 0.05) is 11.9 Å². The summed E-state index contributed by atoms with van der Waals surface area (Å²) in [5.74, 6) is -1.01. The van der Waals surface area contributed by atoms with Gasteiger partial charge in [-0.2, -0.15) is 0 Å². The van der Waals surface area contributed by atoms with Crippen molar-refractivity contribution in [3.8, 4) is 0 Å². The standard InChI is InChI=1S/C14H19NO4S/c1-14(2,3)19-13(18)20-15-11(12(16)17)9-10-7-5-4-6-8-10/h4-8,11,15H,9H2,1-3H3,(H,16,17)/t11-/m0/s1. The molecule has 6 heteroatoms. The lowest BCUT2D eigenvalue weighted by Gasteiger charge is -2.20. The van der Waals surface area contributed by atoms with Crippen LogP contribution in [0.4, 0.5) is 4.79 Å². The molecule has 0 heterocycles. The number of carbonyl (C=O) groups excluding carboxylic acids is 1. The van der Waals surface area contributed by atoms with E-state index in [0.29, 0.717) is 18.4 Å². The van der Waals surface area contributed by atoms with E-state index >= 15 is 0 Å². The van der Waals surface area contributed by atoms with Gasteiger partial charge in [-0.3, -0.25) is 4.79 Å². The maximum atomic E-state index is 11.5. The van der Waals surface area contributed by atoms with Gasteiger partial charge in [0.15, 0.2) is 0 Å². The highest BCUT2D eigenvalue weighted by atomic mass is 32.2. The zero-order chi connectivity index (χ0) is 15.2. The van der Waals surface area contributed by atoms with E-state index in [-0.39, 0.29) is 0 Å². The zero-order valence-corrected chi connectivity index (χ0v) is 12.6. The minimum Gasteiger partial charge on any atom is -0.480 e. The average molecular weight is 297 g/mol. The predicted molar refractivity (Wildman–Crippen MR) is 78.5 cm³/mol. The fourth-order valence-electron chi connectivity index (χ4n) is 1.42. The lowest BCUT2D eigenvalue weighted by molar-refractivity contribution is -0.138. The molecule has 0 aliphatic carbocycles. The van der Waals surface area contributed by atoms with Crippen LogP contribution in [0, 0.1) is 0 Å². The van der Waals surface area contributed by atoms with E-state index in [1.165, 1.54) is 0 Å². The Hall–Kier alpha value is -1.53. The summed E-state index contributed by atoms with van der Waals surface area (Å²) >= 11 is 0.667. The number of benzene rings is 1. The number of nitrogens with one attached hydrogen (secondary N) is 1. The summed E-state index contributed by atoms with van der Waals surface area (Å²) in [5.41, 5.74) is 0.293. The Morgan fingerprint density at radius 1 is 1.30 bits per heavy atom. The summed E-state index contributed by atoms with van der Waals surface area (Å²) in [6.07, 6.45) is 0.298. The van der Waals surface area contributed by atoms with Crippen molar-refractivity contribution >= 4 is 23.2 Å². The molecular weight excluding hydrogens is 278 g/mol. The van der Waals surface area contributed by atoms with E-state index in [1.807, 2.05) is 30.3 Å². The molecule has 1 rings (SSSR count). The zero-order valence-electron chi connectivity index (χ0n) is 11.8. The summed E-state index contributed by atoms with van der Waals surface area (Å²) in [7, 11) is 0. The molecule has 0 aromatic heterocycles. The van der Waals surface area contributed by atoms with Crippen LogP contribution in [-0.2, 0) is 16.0 Å². The van der Waals surface area contributed by atoms with E-state index in [2.05, 4.69) is 4.72 Å². The normalized spacial score (nSPS) is 12.8. The monoisotopic (exact) mass is 297 g/mol. The van der Waals surface area contributed by atoms with E-state index in [4.69, 9.17) is 9.84 Å². The second kappa shape index (κ2) is 7.31.